The average molecular weight is 371 g/mol. The number of ether oxygens (including phenoxy) is 2. The molecule has 2 N–H and O–H groups in total. The minimum atomic E-state index is -0.836. The summed E-state index contributed by atoms with van der Waals surface area (Å²) in [6, 6.07) is 16.4. The third-order valence-corrected chi connectivity index (χ3v) is 4.02. The van der Waals surface area contributed by atoms with Gasteiger partial charge in [0.15, 0.2) is 0 Å². The highest BCUT2D eigenvalue weighted by atomic mass is 16.5. The highest BCUT2D eigenvalue weighted by Crippen LogP contribution is 2.26. The van der Waals surface area contributed by atoms with Crippen LogP contribution in [0, 0.1) is 5.92 Å². The molecule has 1 unspecified atom stereocenters. The lowest BCUT2D eigenvalue weighted by molar-refractivity contribution is -0.139. The van der Waals surface area contributed by atoms with Gasteiger partial charge in [-0.1, -0.05) is 56.3 Å². The zero-order chi connectivity index (χ0) is 19.6. The molecule has 0 radical (unpaired) electrons. The third kappa shape index (κ3) is 6.66. The quantitative estimate of drug-likeness (QED) is 0.655. The Labute approximate surface area is 159 Å². The first kappa shape index (κ1) is 20.3. The Hall–Kier alpha value is -3.02. The van der Waals surface area contributed by atoms with E-state index in [1.807, 2.05) is 44.2 Å². The van der Waals surface area contributed by atoms with E-state index in [0.29, 0.717) is 12.3 Å². The predicted octanol–water partition coefficient (Wildman–Crippen LogP) is 3.82. The molecule has 1 atom stereocenters. The normalized spacial score (nSPS) is 11.7. The number of carboxylic acid groups (broad SMARTS) is 1. The lowest BCUT2D eigenvalue weighted by Crippen LogP contribution is -2.28. The topological polar surface area (TPSA) is 84.9 Å². The summed E-state index contributed by atoms with van der Waals surface area (Å²) in [6.07, 6.45) is -0.501. The molecule has 0 fully saturated rings. The van der Waals surface area contributed by atoms with E-state index in [2.05, 4.69) is 5.32 Å². The first-order valence-electron chi connectivity index (χ1n) is 8.87. The van der Waals surface area contributed by atoms with Crippen LogP contribution < -0.4 is 10.1 Å². The van der Waals surface area contributed by atoms with Crippen molar-refractivity contribution >= 4 is 12.1 Å². The number of alkyl carbamates (subject to hydrolysis) is 1. The Morgan fingerprint density at radius 1 is 1.04 bits per heavy atom. The lowest BCUT2D eigenvalue weighted by Gasteiger charge is -2.17. The molecule has 0 aromatic heterocycles. The largest absolute Gasteiger partial charge is 0.492 e. The summed E-state index contributed by atoms with van der Waals surface area (Å²) in [5.41, 5.74) is 1.66. The maximum Gasteiger partial charge on any atom is 0.407 e. The van der Waals surface area contributed by atoms with E-state index in [0.717, 1.165) is 11.1 Å². The van der Waals surface area contributed by atoms with Crippen molar-refractivity contribution in [1.29, 1.82) is 0 Å². The minimum Gasteiger partial charge on any atom is -0.492 e. The summed E-state index contributed by atoms with van der Waals surface area (Å²) in [4.78, 5) is 23.0. The van der Waals surface area contributed by atoms with E-state index in [1.54, 1.807) is 24.3 Å². The molecule has 0 bridgehead atoms. The highest BCUT2D eigenvalue weighted by molar-refractivity contribution is 5.76. The molecule has 0 aliphatic rings. The first-order valence-corrected chi connectivity index (χ1v) is 8.87. The van der Waals surface area contributed by atoms with Crippen molar-refractivity contribution in [2.75, 3.05) is 13.2 Å². The highest BCUT2D eigenvalue weighted by Gasteiger charge is 2.23. The van der Waals surface area contributed by atoms with Gasteiger partial charge in [0.2, 0.25) is 0 Å². The third-order valence-electron chi connectivity index (χ3n) is 4.02. The molecule has 0 aliphatic carbocycles. The molecule has 0 aliphatic heterocycles. The van der Waals surface area contributed by atoms with Crippen LogP contribution in [0.15, 0.2) is 54.6 Å². The van der Waals surface area contributed by atoms with Crippen molar-refractivity contribution in [3.05, 3.63) is 65.7 Å². The van der Waals surface area contributed by atoms with E-state index in [-0.39, 0.29) is 19.1 Å². The number of carbonyl (C=O) groups is 2. The molecule has 27 heavy (non-hydrogen) atoms. The molecule has 1 amide bonds. The second kappa shape index (κ2) is 10.2. The van der Waals surface area contributed by atoms with Crippen LogP contribution in [0.2, 0.25) is 0 Å². The van der Waals surface area contributed by atoms with Gasteiger partial charge in [-0.05, 0) is 29.2 Å². The molecule has 6 nitrogen and oxygen atoms in total. The van der Waals surface area contributed by atoms with Gasteiger partial charge in [0, 0.05) is 0 Å². The number of carboxylic acids is 1. The van der Waals surface area contributed by atoms with E-state index in [1.165, 1.54) is 0 Å². The fourth-order valence-electron chi connectivity index (χ4n) is 2.68. The molecule has 0 heterocycles. The molecule has 6 heteroatoms. The number of nitrogens with one attached hydrogen (secondary N) is 1. The Balaban J connectivity index is 1.71. The zero-order valence-electron chi connectivity index (χ0n) is 15.6. The fourth-order valence-corrected chi connectivity index (χ4v) is 2.68. The van der Waals surface area contributed by atoms with E-state index >= 15 is 0 Å². The van der Waals surface area contributed by atoms with E-state index < -0.39 is 18.0 Å². The number of benzene rings is 2. The van der Waals surface area contributed by atoms with Crippen molar-refractivity contribution in [2.24, 2.45) is 5.92 Å². The average Bonchev–Trinajstić information content (AvgIpc) is 2.65. The zero-order valence-corrected chi connectivity index (χ0v) is 15.6. The van der Waals surface area contributed by atoms with Crippen molar-refractivity contribution < 1.29 is 24.2 Å². The van der Waals surface area contributed by atoms with Crippen molar-refractivity contribution in [1.82, 2.24) is 5.32 Å². The van der Waals surface area contributed by atoms with Crippen molar-refractivity contribution in [3.8, 4) is 5.75 Å². The minimum absolute atomic E-state index is 0.000340. The molecule has 2 aromatic rings. The number of rotatable bonds is 9. The molecule has 0 spiro atoms. The van der Waals surface area contributed by atoms with Crippen LogP contribution in [0.5, 0.6) is 5.75 Å². The van der Waals surface area contributed by atoms with Gasteiger partial charge in [-0.2, -0.15) is 0 Å². The Bertz CT molecular complexity index is 728. The first-order chi connectivity index (χ1) is 13.0. The van der Waals surface area contributed by atoms with Crippen LogP contribution in [0.25, 0.3) is 0 Å². The standard InChI is InChI=1S/C21H25NO5/c1-15(2)19(20(23)24)17-8-10-18(11-9-17)26-13-12-22-21(25)27-14-16-6-4-3-5-7-16/h3-11,15,19H,12-14H2,1-2H3,(H,22,25)(H,23,24). The maximum absolute atomic E-state index is 11.6. The van der Waals surface area contributed by atoms with Gasteiger partial charge < -0.3 is 19.9 Å². The van der Waals surface area contributed by atoms with Crippen LogP contribution in [0.4, 0.5) is 4.79 Å². The molecule has 0 saturated carbocycles. The maximum atomic E-state index is 11.6. The summed E-state index contributed by atoms with van der Waals surface area (Å²) in [6.45, 7) is 4.57. The van der Waals surface area contributed by atoms with Crippen molar-refractivity contribution in [2.45, 2.75) is 26.4 Å². The van der Waals surface area contributed by atoms with Crippen LogP contribution in [0.3, 0.4) is 0 Å². The number of amides is 1. The molecule has 2 rings (SSSR count). The van der Waals surface area contributed by atoms with Crippen LogP contribution in [0.1, 0.15) is 30.9 Å². The molecule has 144 valence electrons. The number of hydrogen-bond donors (Lipinski definition) is 2. The lowest BCUT2D eigenvalue weighted by atomic mass is 9.88. The Kier molecular flexibility index (Phi) is 7.67. The second-order valence-electron chi connectivity index (χ2n) is 6.47. The second-order valence-corrected chi connectivity index (χ2v) is 6.47. The summed E-state index contributed by atoms with van der Waals surface area (Å²) in [5, 5.41) is 11.9. The molecular weight excluding hydrogens is 346 g/mol. The van der Waals surface area contributed by atoms with Gasteiger partial charge in [-0.3, -0.25) is 4.79 Å². The van der Waals surface area contributed by atoms with Gasteiger partial charge in [-0.15, -0.1) is 0 Å². The van der Waals surface area contributed by atoms with Gasteiger partial charge in [0.1, 0.15) is 19.0 Å². The molecule has 0 saturated heterocycles. The van der Waals surface area contributed by atoms with Gasteiger partial charge in [-0.25, -0.2) is 4.79 Å². The molecular formula is C21H25NO5. The fraction of sp³-hybridized carbons (Fsp3) is 0.333. The summed E-state index contributed by atoms with van der Waals surface area (Å²) in [7, 11) is 0. The SMILES string of the molecule is CC(C)C(C(=O)O)c1ccc(OCCNC(=O)OCc2ccccc2)cc1. The molecule has 2 aromatic carbocycles. The monoisotopic (exact) mass is 371 g/mol. The summed E-state index contributed by atoms with van der Waals surface area (Å²) < 4.78 is 10.7. The van der Waals surface area contributed by atoms with Gasteiger partial charge in [0.25, 0.3) is 0 Å². The number of carbonyl (C=O) groups excluding carboxylic acids is 1. The van der Waals surface area contributed by atoms with Crippen LogP contribution in [-0.4, -0.2) is 30.3 Å². The smallest absolute Gasteiger partial charge is 0.407 e. The van der Waals surface area contributed by atoms with Gasteiger partial charge >= 0.3 is 12.1 Å². The van der Waals surface area contributed by atoms with Crippen LogP contribution in [-0.2, 0) is 16.1 Å². The van der Waals surface area contributed by atoms with E-state index in [9.17, 15) is 14.7 Å². The van der Waals surface area contributed by atoms with Crippen molar-refractivity contribution in [3.63, 3.8) is 0 Å². The number of aliphatic carboxylic acids is 1. The Morgan fingerprint density at radius 2 is 1.70 bits per heavy atom. The number of hydrogen-bond acceptors (Lipinski definition) is 4. The summed E-state index contributed by atoms with van der Waals surface area (Å²) >= 11 is 0. The Morgan fingerprint density at radius 3 is 2.30 bits per heavy atom. The van der Waals surface area contributed by atoms with Crippen LogP contribution >= 0.6 is 0 Å². The summed E-state index contributed by atoms with van der Waals surface area (Å²) in [5.74, 6) is -0.761. The van der Waals surface area contributed by atoms with Gasteiger partial charge in [0.05, 0.1) is 12.5 Å². The van der Waals surface area contributed by atoms with E-state index in [4.69, 9.17) is 9.47 Å². The predicted molar refractivity (Wildman–Crippen MR) is 102 cm³/mol.